The minimum atomic E-state index is -1.56. The molecule has 1 saturated heterocycles. The van der Waals surface area contributed by atoms with Crippen LogP contribution in [0.15, 0.2) is 48.9 Å². The Morgan fingerprint density at radius 2 is 1.89 bits per heavy atom. The summed E-state index contributed by atoms with van der Waals surface area (Å²) in [6.07, 6.45) is 4.04. The van der Waals surface area contributed by atoms with Gasteiger partial charge in [-0.3, -0.25) is 9.59 Å². The van der Waals surface area contributed by atoms with E-state index in [1.54, 1.807) is 30.3 Å². The summed E-state index contributed by atoms with van der Waals surface area (Å²) < 4.78 is 1.50. The molecule has 4 heterocycles. The number of amides is 1. The average Bonchev–Trinajstić information content (AvgIpc) is 3.25. The highest BCUT2D eigenvalue weighted by Crippen LogP contribution is 2.26. The standard InChI is InChI=1S/C23H20N8O3.CH2O2/c1-23(34,21-25-8-2-9-26-21)7-5-14-3-4-16-17(11-14)31(18-6-10-27-22(24)28-18)29-19(16)20(33)30-12-15(32)13-30;2-1-3/h2-4,6,8-11,15,32,34H,12-13H2,1H3,(H2,24,27,28);1H,(H,2,3). The zero-order valence-corrected chi connectivity index (χ0v) is 19.6. The molecule has 0 saturated carbocycles. The van der Waals surface area contributed by atoms with Crippen molar-refractivity contribution in [3.8, 4) is 17.7 Å². The van der Waals surface area contributed by atoms with Crippen molar-refractivity contribution in [3.63, 3.8) is 0 Å². The topological polar surface area (TPSA) is 193 Å². The number of rotatable bonds is 3. The first kappa shape index (κ1) is 25.2. The molecule has 0 bridgehead atoms. The Morgan fingerprint density at radius 3 is 2.54 bits per heavy atom. The number of hydrogen-bond acceptors (Lipinski definition) is 10. The van der Waals surface area contributed by atoms with Crippen molar-refractivity contribution in [2.24, 2.45) is 0 Å². The van der Waals surface area contributed by atoms with Crippen molar-refractivity contribution in [1.29, 1.82) is 0 Å². The molecule has 1 aromatic carbocycles. The van der Waals surface area contributed by atoms with E-state index in [4.69, 9.17) is 15.6 Å². The summed E-state index contributed by atoms with van der Waals surface area (Å²) in [5.74, 6) is 6.09. The molecule has 1 unspecified atom stereocenters. The summed E-state index contributed by atoms with van der Waals surface area (Å²) in [5.41, 5.74) is 5.57. The number of fused-ring (bicyclic) bond motifs is 1. The number of carbonyl (C=O) groups excluding carboxylic acids is 1. The Labute approximate surface area is 210 Å². The normalized spacial score (nSPS) is 14.4. The molecule has 1 aliphatic heterocycles. The van der Waals surface area contributed by atoms with Gasteiger partial charge in [-0.1, -0.05) is 11.8 Å². The highest BCUT2D eigenvalue weighted by molar-refractivity contribution is 6.05. The Kier molecular flexibility index (Phi) is 7.05. The predicted molar refractivity (Wildman–Crippen MR) is 130 cm³/mol. The lowest BCUT2D eigenvalue weighted by Gasteiger charge is -2.35. The summed E-state index contributed by atoms with van der Waals surface area (Å²) in [4.78, 5) is 39.2. The Morgan fingerprint density at radius 1 is 1.19 bits per heavy atom. The molecule has 188 valence electrons. The van der Waals surface area contributed by atoms with Crippen molar-refractivity contribution in [3.05, 3.63) is 66.0 Å². The quantitative estimate of drug-likeness (QED) is 0.217. The van der Waals surface area contributed by atoms with E-state index in [2.05, 4.69) is 36.9 Å². The van der Waals surface area contributed by atoms with E-state index in [1.165, 1.54) is 35.1 Å². The molecule has 0 radical (unpaired) electrons. The van der Waals surface area contributed by atoms with Crippen LogP contribution in [0.1, 0.15) is 28.8 Å². The maximum absolute atomic E-state index is 13.0. The summed E-state index contributed by atoms with van der Waals surface area (Å²) in [6.45, 7) is 1.78. The molecular formula is C24H22N8O5. The molecule has 4 aromatic rings. The maximum atomic E-state index is 13.0. The highest BCUT2D eigenvalue weighted by Gasteiger charge is 2.32. The summed E-state index contributed by atoms with van der Waals surface area (Å²) in [5, 5.41) is 32.3. The number of hydrogen-bond donors (Lipinski definition) is 4. The zero-order valence-electron chi connectivity index (χ0n) is 19.6. The lowest BCUT2D eigenvalue weighted by atomic mass is 10.0. The largest absolute Gasteiger partial charge is 0.483 e. The van der Waals surface area contributed by atoms with Gasteiger partial charge in [0.2, 0.25) is 5.95 Å². The number of carboxylic acid groups (broad SMARTS) is 1. The first-order chi connectivity index (χ1) is 17.7. The van der Waals surface area contributed by atoms with Gasteiger partial charge in [0.15, 0.2) is 22.9 Å². The van der Waals surface area contributed by atoms with Gasteiger partial charge in [-0.25, -0.2) is 19.6 Å². The Bertz CT molecular complexity index is 1500. The number of β-amino-alcohol motifs (C(OH)–C–C–N with tert-alkyl or cyclic N) is 1. The molecule has 1 fully saturated rings. The number of aliphatic hydroxyl groups excluding tert-OH is 1. The molecule has 5 N–H and O–H groups in total. The Hall–Kier alpha value is -4.93. The number of benzene rings is 1. The summed E-state index contributed by atoms with van der Waals surface area (Å²) in [7, 11) is 0. The lowest BCUT2D eigenvalue weighted by molar-refractivity contribution is -0.122. The number of likely N-dealkylation sites (tertiary alicyclic amines) is 1. The van der Waals surface area contributed by atoms with Gasteiger partial charge in [-0.15, -0.1) is 0 Å². The van der Waals surface area contributed by atoms with E-state index in [0.717, 1.165) is 0 Å². The molecular weight excluding hydrogens is 480 g/mol. The number of aromatic nitrogens is 6. The molecule has 13 heteroatoms. The van der Waals surface area contributed by atoms with Gasteiger partial charge in [0.05, 0.1) is 11.6 Å². The van der Waals surface area contributed by atoms with E-state index >= 15 is 0 Å². The minimum Gasteiger partial charge on any atom is -0.483 e. The van der Waals surface area contributed by atoms with Crippen LogP contribution in [0.4, 0.5) is 5.95 Å². The number of nitrogens with two attached hydrogens (primary N) is 1. The monoisotopic (exact) mass is 502 g/mol. The van der Waals surface area contributed by atoms with Crippen LogP contribution in [0.25, 0.3) is 16.7 Å². The van der Waals surface area contributed by atoms with E-state index in [9.17, 15) is 15.0 Å². The molecule has 1 atom stereocenters. The van der Waals surface area contributed by atoms with Gasteiger partial charge >= 0.3 is 0 Å². The molecule has 3 aromatic heterocycles. The zero-order chi connectivity index (χ0) is 26.6. The van der Waals surface area contributed by atoms with Crippen LogP contribution in [0.5, 0.6) is 0 Å². The number of nitrogens with zero attached hydrogens (tertiary/aromatic N) is 7. The van der Waals surface area contributed by atoms with Crippen molar-refractivity contribution < 1.29 is 24.9 Å². The van der Waals surface area contributed by atoms with E-state index in [1.807, 2.05) is 0 Å². The second-order valence-electron chi connectivity index (χ2n) is 8.13. The van der Waals surface area contributed by atoms with Crippen molar-refractivity contribution in [2.45, 2.75) is 18.6 Å². The van der Waals surface area contributed by atoms with E-state index in [0.29, 0.717) is 22.3 Å². The van der Waals surface area contributed by atoms with Crippen LogP contribution >= 0.6 is 0 Å². The molecule has 13 nitrogen and oxygen atoms in total. The number of carbonyl (C=O) groups is 2. The maximum Gasteiger partial charge on any atom is 0.290 e. The fraction of sp³-hybridized carbons (Fsp3) is 0.208. The van der Waals surface area contributed by atoms with Gasteiger partial charge in [0, 0.05) is 48.7 Å². The van der Waals surface area contributed by atoms with E-state index in [-0.39, 0.29) is 42.9 Å². The fourth-order valence-electron chi connectivity index (χ4n) is 3.58. The van der Waals surface area contributed by atoms with Crippen LogP contribution < -0.4 is 5.73 Å². The van der Waals surface area contributed by atoms with Gasteiger partial charge in [0.1, 0.15) is 0 Å². The van der Waals surface area contributed by atoms with Crippen molar-refractivity contribution in [1.82, 2.24) is 34.6 Å². The summed E-state index contributed by atoms with van der Waals surface area (Å²) in [6, 6.07) is 8.50. The second-order valence-corrected chi connectivity index (χ2v) is 8.13. The smallest absolute Gasteiger partial charge is 0.290 e. The summed E-state index contributed by atoms with van der Waals surface area (Å²) >= 11 is 0. The number of aliphatic hydroxyl groups is 2. The first-order valence-electron chi connectivity index (χ1n) is 10.9. The van der Waals surface area contributed by atoms with Gasteiger partial charge < -0.3 is 26.0 Å². The van der Waals surface area contributed by atoms with Gasteiger partial charge in [0.25, 0.3) is 12.4 Å². The third-order valence-electron chi connectivity index (χ3n) is 5.36. The first-order valence-corrected chi connectivity index (χ1v) is 10.9. The number of anilines is 1. The van der Waals surface area contributed by atoms with Crippen LogP contribution in [0.2, 0.25) is 0 Å². The fourth-order valence-corrected chi connectivity index (χ4v) is 3.58. The third kappa shape index (κ3) is 5.35. The van der Waals surface area contributed by atoms with Crippen molar-refractivity contribution in [2.75, 3.05) is 18.8 Å². The highest BCUT2D eigenvalue weighted by atomic mass is 16.3. The van der Waals surface area contributed by atoms with Gasteiger partial charge in [-0.2, -0.15) is 10.1 Å². The van der Waals surface area contributed by atoms with Crippen LogP contribution in [-0.4, -0.2) is 81.5 Å². The van der Waals surface area contributed by atoms with E-state index < -0.39 is 11.7 Å². The molecule has 37 heavy (non-hydrogen) atoms. The Balaban J connectivity index is 0.00000102. The van der Waals surface area contributed by atoms with Gasteiger partial charge in [-0.05, 0) is 31.2 Å². The molecule has 0 aliphatic carbocycles. The second kappa shape index (κ2) is 10.4. The lowest BCUT2D eigenvalue weighted by Crippen LogP contribution is -2.53. The van der Waals surface area contributed by atoms with Crippen LogP contribution in [0, 0.1) is 11.8 Å². The van der Waals surface area contributed by atoms with Crippen molar-refractivity contribution >= 4 is 29.2 Å². The average molecular weight is 502 g/mol. The minimum absolute atomic E-state index is 0.0646. The van der Waals surface area contributed by atoms with Crippen LogP contribution in [-0.2, 0) is 10.4 Å². The third-order valence-corrected chi connectivity index (χ3v) is 5.36. The van der Waals surface area contributed by atoms with Crippen LogP contribution in [0.3, 0.4) is 0 Å². The molecule has 0 spiro atoms. The molecule has 1 aliphatic rings. The molecule has 1 amide bonds. The number of nitrogen functional groups attached to an aromatic ring is 1. The predicted octanol–water partition coefficient (Wildman–Crippen LogP) is -0.0356. The molecule has 5 rings (SSSR count). The SMILES string of the molecule is CC(O)(C#Cc1ccc2c(C(=O)N3CC(O)C3)nn(-c3ccnc(N)n3)c2c1)c1ncccn1.O=CO.